The number of carbonyl (C=O) groups is 1. The van der Waals surface area contributed by atoms with E-state index in [4.69, 9.17) is 0 Å². The molecule has 98 valence electrons. The number of carbonyl (C=O) groups excluding carboxylic acids is 1. The number of hydrogen-bond acceptors (Lipinski definition) is 6. The number of allylic oxidation sites excluding steroid dienone is 2. The molecule has 0 fully saturated rings. The SMILES string of the molecule is CC(=O)/C(C=Nc1cnc2sccn2c1=O)=C(\C)O. The molecule has 2 rings (SSSR count). The van der Waals surface area contributed by atoms with Crippen molar-refractivity contribution in [2.75, 3.05) is 0 Å². The number of thiazole rings is 1. The zero-order valence-electron chi connectivity index (χ0n) is 10.3. The van der Waals surface area contributed by atoms with Gasteiger partial charge in [-0.05, 0) is 13.8 Å². The van der Waals surface area contributed by atoms with E-state index in [9.17, 15) is 14.7 Å². The van der Waals surface area contributed by atoms with Gasteiger partial charge in [0.1, 0.15) is 11.4 Å². The van der Waals surface area contributed by atoms with Crippen LogP contribution in [0.2, 0.25) is 0 Å². The number of fused-ring (bicyclic) bond motifs is 1. The molecule has 19 heavy (non-hydrogen) atoms. The first-order valence-corrected chi connectivity index (χ1v) is 6.28. The molecule has 0 atom stereocenters. The second kappa shape index (κ2) is 5.15. The Labute approximate surface area is 112 Å². The molecule has 0 aliphatic rings. The van der Waals surface area contributed by atoms with Crippen LogP contribution in [0.5, 0.6) is 0 Å². The molecule has 0 bridgehead atoms. The average Bonchev–Trinajstić information content (AvgIpc) is 2.80. The van der Waals surface area contributed by atoms with Gasteiger partial charge in [-0.25, -0.2) is 9.98 Å². The Morgan fingerprint density at radius 1 is 1.53 bits per heavy atom. The van der Waals surface area contributed by atoms with E-state index in [0.717, 1.165) is 0 Å². The van der Waals surface area contributed by atoms with E-state index in [1.165, 1.54) is 42.0 Å². The Morgan fingerprint density at radius 2 is 2.26 bits per heavy atom. The number of nitrogens with zero attached hydrogens (tertiary/aromatic N) is 3. The highest BCUT2D eigenvalue weighted by Gasteiger charge is 2.07. The van der Waals surface area contributed by atoms with Crippen LogP contribution in [-0.4, -0.2) is 26.5 Å². The molecule has 0 radical (unpaired) electrons. The average molecular weight is 277 g/mol. The lowest BCUT2D eigenvalue weighted by atomic mass is 10.2. The smallest absolute Gasteiger partial charge is 0.284 e. The molecule has 0 spiro atoms. The third kappa shape index (κ3) is 2.60. The minimum Gasteiger partial charge on any atom is -0.512 e. The number of rotatable bonds is 3. The summed E-state index contributed by atoms with van der Waals surface area (Å²) in [4.78, 5) is 31.8. The van der Waals surface area contributed by atoms with Gasteiger partial charge < -0.3 is 5.11 Å². The summed E-state index contributed by atoms with van der Waals surface area (Å²) in [5.74, 6) is -0.464. The predicted molar refractivity (Wildman–Crippen MR) is 73.5 cm³/mol. The zero-order chi connectivity index (χ0) is 14.0. The van der Waals surface area contributed by atoms with Crippen LogP contribution in [0.1, 0.15) is 13.8 Å². The normalized spacial score (nSPS) is 12.9. The highest BCUT2D eigenvalue weighted by molar-refractivity contribution is 7.15. The van der Waals surface area contributed by atoms with Crippen molar-refractivity contribution in [1.82, 2.24) is 9.38 Å². The van der Waals surface area contributed by atoms with Crippen molar-refractivity contribution in [2.45, 2.75) is 13.8 Å². The number of ketones is 1. The molecule has 6 nitrogen and oxygen atoms in total. The molecule has 1 N–H and O–H groups in total. The summed E-state index contributed by atoms with van der Waals surface area (Å²) in [5.41, 5.74) is -0.147. The quantitative estimate of drug-likeness (QED) is 0.527. The molecule has 0 saturated heterocycles. The molecule has 0 aliphatic carbocycles. The number of aliphatic imine (C=N–C) groups is 1. The molecule has 2 aromatic rings. The second-order valence-corrected chi connectivity index (χ2v) is 4.69. The standard InChI is InChI=1S/C12H11N3O3S/c1-7(16)9(8(2)17)5-13-10-6-14-12-15(11(10)18)3-4-19-12/h3-6,16H,1-2H3/b9-7+,13-5?. The highest BCUT2D eigenvalue weighted by atomic mass is 32.1. The van der Waals surface area contributed by atoms with Crippen LogP contribution in [0, 0.1) is 0 Å². The maximum atomic E-state index is 12.0. The molecule has 0 aliphatic heterocycles. The van der Waals surface area contributed by atoms with Crippen LogP contribution in [0.15, 0.2) is 38.9 Å². The van der Waals surface area contributed by atoms with E-state index >= 15 is 0 Å². The molecule has 0 unspecified atom stereocenters. The fraction of sp³-hybridized carbons (Fsp3) is 0.167. The van der Waals surface area contributed by atoms with Crippen molar-refractivity contribution in [3.05, 3.63) is 39.5 Å². The van der Waals surface area contributed by atoms with Gasteiger partial charge in [-0.15, -0.1) is 11.3 Å². The van der Waals surface area contributed by atoms with Gasteiger partial charge in [-0.2, -0.15) is 0 Å². The number of hydrogen-bond donors (Lipinski definition) is 1. The van der Waals surface area contributed by atoms with Gasteiger partial charge in [-0.1, -0.05) is 0 Å². The summed E-state index contributed by atoms with van der Waals surface area (Å²) in [7, 11) is 0. The minimum atomic E-state index is -0.326. The molecular weight excluding hydrogens is 266 g/mol. The summed E-state index contributed by atoms with van der Waals surface area (Å²) in [6.45, 7) is 2.70. The van der Waals surface area contributed by atoms with Crippen molar-refractivity contribution in [2.24, 2.45) is 4.99 Å². The highest BCUT2D eigenvalue weighted by Crippen LogP contribution is 2.10. The maximum Gasteiger partial charge on any atom is 0.284 e. The lowest BCUT2D eigenvalue weighted by Gasteiger charge is -1.98. The van der Waals surface area contributed by atoms with Gasteiger partial charge in [0, 0.05) is 17.8 Å². The van der Waals surface area contributed by atoms with Gasteiger partial charge in [0.2, 0.25) is 0 Å². The molecule has 0 amide bonds. The third-order valence-corrected chi connectivity index (χ3v) is 3.20. The Hall–Kier alpha value is -2.28. The van der Waals surface area contributed by atoms with Gasteiger partial charge in [0.25, 0.3) is 5.56 Å². The Kier molecular flexibility index (Phi) is 3.57. The van der Waals surface area contributed by atoms with E-state index in [2.05, 4.69) is 9.98 Å². The summed E-state index contributed by atoms with van der Waals surface area (Å²) in [5, 5.41) is 11.1. The summed E-state index contributed by atoms with van der Waals surface area (Å²) >= 11 is 1.34. The van der Waals surface area contributed by atoms with Gasteiger partial charge in [0.15, 0.2) is 10.7 Å². The summed E-state index contributed by atoms with van der Waals surface area (Å²) in [6, 6.07) is 0. The largest absolute Gasteiger partial charge is 0.512 e. The van der Waals surface area contributed by atoms with Gasteiger partial charge in [0.05, 0.1) is 11.8 Å². The van der Waals surface area contributed by atoms with Crippen molar-refractivity contribution >= 4 is 34.0 Å². The second-order valence-electron chi connectivity index (χ2n) is 3.82. The number of aliphatic hydroxyl groups excluding tert-OH is 1. The topological polar surface area (TPSA) is 84.0 Å². The van der Waals surface area contributed by atoms with Crippen molar-refractivity contribution in [3.8, 4) is 0 Å². The van der Waals surface area contributed by atoms with E-state index in [1.54, 1.807) is 11.6 Å². The van der Waals surface area contributed by atoms with Gasteiger partial charge in [-0.3, -0.25) is 14.0 Å². The molecule has 0 saturated carbocycles. The van der Waals surface area contributed by atoms with Crippen molar-refractivity contribution < 1.29 is 9.90 Å². The first-order valence-electron chi connectivity index (χ1n) is 5.40. The maximum absolute atomic E-state index is 12.0. The van der Waals surface area contributed by atoms with Crippen LogP contribution >= 0.6 is 11.3 Å². The summed E-state index contributed by atoms with van der Waals surface area (Å²) < 4.78 is 1.38. The Bertz CT molecular complexity index is 751. The molecule has 2 aromatic heterocycles. The van der Waals surface area contributed by atoms with E-state index in [0.29, 0.717) is 4.96 Å². The first-order chi connectivity index (χ1) is 9.00. The molecular formula is C12H11N3O3S. The monoisotopic (exact) mass is 277 g/mol. The van der Waals surface area contributed by atoms with Crippen LogP contribution in [0.25, 0.3) is 4.96 Å². The summed E-state index contributed by atoms with van der Waals surface area (Å²) in [6.07, 6.45) is 4.12. The van der Waals surface area contributed by atoms with Crippen LogP contribution in [0.4, 0.5) is 5.69 Å². The van der Waals surface area contributed by atoms with Crippen LogP contribution in [0.3, 0.4) is 0 Å². The predicted octanol–water partition coefficient (Wildman–Crippen LogP) is 1.88. The van der Waals surface area contributed by atoms with Crippen molar-refractivity contribution in [1.29, 1.82) is 0 Å². The number of Topliss-reactive ketones (excluding diaryl/α,β-unsaturated/α-hetero) is 1. The van der Waals surface area contributed by atoms with Crippen molar-refractivity contribution in [3.63, 3.8) is 0 Å². The van der Waals surface area contributed by atoms with Crippen LogP contribution < -0.4 is 5.56 Å². The molecule has 0 aromatic carbocycles. The first kappa shape index (κ1) is 13.2. The Morgan fingerprint density at radius 3 is 2.89 bits per heavy atom. The lowest BCUT2D eigenvalue weighted by molar-refractivity contribution is -0.113. The fourth-order valence-electron chi connectivity index (χ4n) is 1.48. The fourth-order valence-corrected chi connectivity index (χ4v) is 2.15. The van der Waals surface area contributed by atoms with Crippen LogP contribution in [-0.2, 0) is 4.79 Å². The van der Waals surface area contributed by atoms with Gasteiger partial charge >= 0.3 is 0 Å². The molecule has 2 heterocycles. The van der Waals surface area contributed by atoms with E-state index in [1.807, 2.05) is 0 Å². The third-order valence-electron chi connectivity index (χ3n) is 2.43. The number of aromatic nitrogens is 2. The minimum absolute atomic E-state index is 0.0646. The zero-order valence-corrected chi connectivity index (χ0v) is 11.1. The lowest BCUT2D eigenvalue weighted by Crippen LogP contribution is -2.11. The van der Waals surface area contributed by atoms with E-state index in [-0.39, 0.29) is 28.4 Å². The molecule has 7 heteroatoms. The Balaban J connectivity index is 2.47. The van der Waals surface area contributed by atoms with E-state index < -0.39 is 0 Å². The number of aliphatic hydroxyl groups is 1.